The van der Waals surface area contributed by atoms with Crippen molar-refractivity contribution in [1.29, 1.82) is 0 Å². The lowest BCUT2D eigenvalue weighted by Gasteiger charge is -2.46. The topological polar surface area (TPSA) is 50.3 Å². The number of fused-ring (bicyclic) bond motifs is 4. The van der Waals surface area contributed by atoms with Gasteiger partial charge in [-0.15, -0.1) is 0 Å². The summed E-state index contributed by atoms with van der Waals surface area (Å²) in [5, 5.41) is 12.9. The van der Waals surface area contributed by atoms with E-state index >= 15 is 0 Å². The van der Waals surface area contributed by atoms with E-state index in [1.807, 2.05) is 25.1 Å². The highest BCUT2D eigenvalue weighted by Gasteiger charge is 2.34. The van der Waals surface area contributed by atoms with Gasteiger partial charge in [0.25, 0.3) is 0 Å². The Morgan fingerprint density at radius 1 is 1.24 bits per heavy atom. The van der Waals surface area contributed by atoms with Crippen molar-refractivity contribution in [1.82, 2.24) is 10.2 Å². The number of halogens is 1. The van der Waals surface area contributed by atoms with Crippen molar-refractivity contribution < 1.29 is 9.13 Å². The fraction of sp³-hybridized carbons (Fsp3) is 0.391. The summed E-state index contributed by atoms with van der Waals surface area (Å²) in [5.41, 5.74) is 4.17. The van der Waals surface area contributed by atoms with E-state index in [1.165, 1.54) is 12.1 Å². The molecular weight excluding hydrogens is 367 g/mol. The first-order valence-corrected chi connectivity index (χ1v) is 10.3. The molecule has 5 nitrogen and oxygen atoms in total. The minimum atomic E-state index is -0.189. The van der Waals surface area contributed by atoms with Crippen molar-refractivity contribution in [3.8, 4) is 0 Å². The summed E-state index contributed by atoms with van der Waals surface area (Å²) in [5.74, 6) is -0.163. The van der Waals surface area contributed by atoms with Gasteiger partial charge in [0.05, 0.1) is 42.2 Å². The number of benzene rings is 2. The standard InChI is InChI=1S/C23H25FN4O/c1-14-4-3-5-19(23(14)24)15(2)26-22-11-25-27-21-9-7-16(10-20(21)22)28-12-18-8-6-17(28)13-29-18/h3-5,7,9-11,15,17-18H,6,8,12-13H2,1-2H3,(H,26,27)/t15-,17?,18?/m1/s1. The molecular formula is C23H25FN4O. The van der Waals surface area contributed by atoms with E-state index < -0.39 is 0 Å². The summed E-state index contributed by atoms with van der Waals surface area (Å²) in [7, 11) is 0. The van der Waals surface area contributed by atoms with Gasteiger partial charge in [-0.1, -0.05) is 18.2 Å². The van der Waals surface area contributed by atoms with E-state index in [4.69, 9.17) is 4.74 Å². The minimum absolute atomic E-state index is 0.163. The van der Waals surface area contributed by atoms with Crippen LogP contribution in [0.5, 0.6) is 0 Å². The summed E-state index contributed by atoms with van der Waals surface area (Å²) >= 11 is 0. The van der Waals surface area contributed by atoms with Gasteiger partial charge in [-0.25, -0.2) is 4.39 Å². The van der Waals surface area contributed by atoms with Gasteiger partial charge in [-0.05, 0) is 50.5 Å². The lowest BCUT2D eigenvalue weighted by molar-refractivity contribution is -0.0225. The predicted molar refractivity (Wildman–Crippen MR) is 113 cm³/mol. The number of ether oxygens (including phenoxy) is 1. The molecule has 0 aliphatic carbocycles. The average molecular weight is 392 g/mol. The van der Waals surface area contributed by atoms with Gasteiger partial charge in [0.2, 0.25) is 0 Å². The van der Waals surface area contributed by atoms with Gasteiger partial charge in [0.15, 0.2) is 0 Å². The van der Waals surface area contributed by atoms with Crippen LogP contribution in [0.25, 0.3) is 10.9 Å². The van der Waals surface area contributed by atoms with Crippen LogP contribution in [0, 0.1) is 12.7 Å². The molecule has 3 saturated heterocycles. The first kappa shape index (κ1) is 18.3. The summed E-state index contributed by atoms with van der Waals surface area (Å²) in [4.78, 5) is 2.45. The monoisotopic (exact) mass is 392 g/mol. The Labute approximate surface area is 169 Å². The van der Waals surface area contributed by atoms with E-state index in [9.17, 15) is 4.39 Å². The van der Waals surface area contributed by atoms with E-state index in [-0.39, 0.29) is 11.9 Å². The molecule has 3 aromatic rings. The highest BCUT2D eigenvalue weighted by molar-refractivity contribution is 5.93. The van der Waals surface area contributed by atoms with Crippen LogP contribution in [-0.4, -0.2) is 35.5 Å². The van der Waals surface area contributed by atoms with E-state index in [0.29, 0.717) is 23.3 Å². The van der Waals surface area contributed by atoms with Crippen LogP contribution in [0.4, 0.5) is 15.8 Å². The van der Waals surface area contributed by atoms with E-state index in [1.54, 1.807) is 19.2 Å². The number of anilines is 2. The molecule has 1 aromatic heterocycles. The summed E-state index contributed by atoms with van der Waals surface area (Å²) in [6, 6.07) is 12.1. The SMILES string of the molecule is Cc1cccc([C@@H](C)Nc2cnnc3ccc(N4CC5CCC4CO5)cc23)c1F. The smallest absolute Gasteiger partial charge is 0.131 e. The van der Waals surface area contributed by atoms with Gasteiger partial charge >= 0.3 is 0 Å². The molecule has 6 heteroatoms. The third-order valence-corrected chi connectivity index (χ3v) is 6.20. The number of rotatable bonds is 4. The van der Waals surface area contributed by atoms with Crippen LogP contribution < -0.4 is 10.2 Å². The number of hydrogen-bond donors (Lipinski definition) is 1. The van der Waals surface area contributed by atoms with E-state index in [2.05, 4.69) is 32.5 Å². The number of nitrogens with one attached hydrogen (secondary N) is 1. The van der Waals surface area contributed by atoms with Gasteiger partial charge in [-0.2, -0.15) is 10.2 Å². The zero-order valence-electron chi connectivity index (χ0n) is 16.7. The highest BCUT2D eigenvalue weighted by atomic mass is 19.1. The molecule has 0 saturated carbocycles. The second kappa shape index (κ2) is 7.26. The molecule has 3 aliphatic rings. The minimum Gasteiger partial charge on any atom is -0.377 e. The molecule has 0 radical (unpaired) electrons. The van der Waals surface area contributed by atoms with Gasteiger partial charge in [0.1, 0.15) is 5.82 Å². The largest absolute Gasteiger partial charge is 0.377 e. The van der Waals surface area contributed by atoms with Crippen molar-refractivity contribution in [2.24, 2.45) is 0 Å². The third-order valence-electron chi connectivity index (χ3n) is 6.20. The molecule has 2 unspecified atom stereocenters. The number of hydrogen-bond acceptors (Lipinski definition) is 5. The fourth-order valence-electron chi connectivity index (χ4n) is 4.52. The van der Waals surface area contributed by atoms with Crippen molar-refractivity contribution >= 4 is 22.3 Å². The molecule has 3 fully saturated rings. The Morgan fingerprint density at radius 2 is 2.14 bits per heavy atom. The van der Waals surface area contributed by atoms with Crippen LogP contribution in [-0.2, 0) is 4.74 Å². The van der Waals surface area contributed by atoms with Crippen LogP contribution in [0.3, 0.4) is 0 Å². The normalized spacial score (nSPS) is 22.1. The Balaban J connectivity index is 1.48. The highest BCUT2D eigenvalue weighted by Crippen LogP contribution is 2.34. The predicted octanol–water partition coefficient (Wildman–Crippen LogP) is 4.62. The van der Waals surface area contributed by atoms with E-state index in [0.717, 1.165) is 36.2 Å². The summed E-state index contributed by atoms with van der Waals surface area (Å²) < 4.78 is 20.4. The Kier molecular flexibility index (Phi) is 4.59. The molecule has 4 heterocycles. The lowest BCUT2D eigenvalue weighted by atomic mass is 9.96. The molecule has 0 amide bonds. The zero-order chi connectivity index (χ0) is 20.0. The second-order valence-corrected chi connectivity index (χ2v) is 8.14. The molecule has 1 N–H and O–H groups in total. The van der Waals surface area contributed by atoms with Gasteiger partial charge in [-0.3, -0.25) is 0 Å². The number of piperidine rings is 1. The molecule has 6 rings (SSSR count). The number of aromatic nitrogens is 2. The first-order chi connectivity index (χ1) is 14.1. The van der Waals surface area contributed by atoms with Gasteiger partial charge in [0, 0.05) is 23.2 Å². The molecule has 2 bridgehead atoms. The fourth-order valence-corrected chi connectivity index (χ4v) is 4.52. The van der Waals surface area contributed by atoms with Crippen molar-refractivity contribution in [2.75, 3.05) is 23.4 Å². The second-order valence-electron chi connectivity index (χ2n) is 8.14. The molecule has 150 valence electrons. The quantitative estimate of drug-likeness (QED) is 0.702. The number of morpholine rings is 1. The molecule has 2 aromatic carbocycles. The molecule has 3 aliphatic heterocycles. The van der Waals surface area contributed by atoms with Crippen molar-refractivity contribution in [2.45, 2.75) is 44.9 Å². The maximum atomic E-state index is 14.6. The lowest BCUT2D eigenvalue weighted by Crippen LogP contribution is -2.54. The maximum absolute atomic E-state index is 14.6. The van der Waals surface area contributed by atoms with Crippen LogP contribution >= 0.6 is 0 Å². The van der Waals surface area contributed by atoms with Gasteiger partial charge < -0.3 is 15.0 Å². The first-order valence-electron chi connectivity index (χ1n) is 10.3. The molecule has 0 spiro atoms. The Bertz CT molecular complexity index is 1050. The van der Waals surface area contributed by atoms with Crippen molar-refractivity contribution in [3.63, 3.8) is 0 Å². The van der Waals surface area contributed by atoms with Crippen LogP contribution in [0.1, 0.15) is 36.9 Å². The van der Waals surface area contributed by atoms with Crippen LogP contribution in [0.2, 0.25) is 0 Å². The van der Waals surface area contributed by atoms with Crippen LogP contribution in [0.15, 0.2) is 42.6 Å². The average Bonchev–Trinajstić information content (AvgIpc) is 2.76. The maximum Gasteiger partial charge on any atom is 0.131 e. The number of nitrogens with zero attached hydrogens (tertiary/aromatic N) is 3. The Hall–Kier alpha value is -2.73. The number of aryl methyl sites for hydroxylation is 1. The summed E-state index contributed by atoms with van der Waals surface area (Å²) in [6.45, 7) is 5.49. The third kappa shape index (κ3) is 3.31. The zero-order valence-corrected chi connectivity index (χ0v) is 16.7. The molecule has 3 atom stereocenters. The molecule has 29 heavy (non-hydrogen) atoms. The van der Waals surface area contributed by atoms with Crippen molar-refractivity contribution in [3.05, 3.63) is 59.5 Å². The summed E-state index contributed by atoms with van der Waals surface area (Å²) in [6.07, 6.45) is 4.37. The Morgan fingerprint density at radius 3 is 2.90 bits per heavy atom.